The molecule has 10 heteroatoms. The van der Waals surface area contributed by atoms with Gasteiger partial charge in [0.1, 0.15) is 14.1 Å². The number of rotatable bonds is 23. The number of amides is 2. The Morgan fingerprint density at radius 1 is 0.482 bits per heavy atom. The van der Waals surface area contributed by atoms with Crippen molar-refractivity contribution < 1.29 is 18.7 Å². The van der Waals surface area contributed by atoms with Crippen LogP contribution in [0.5, 0.6) is 0 Å². The predicted molar refractivity (Wildman–Crippen MR) is 240 cm³/mol. The summed E-state index contributed by atoms with van der Waals surface area (Å²) in [5.74, 6) is 2.30. The normalized spacial score (nSPS) is 11.3. The quantitative estimate of drug-likeness (QED) is 0.0433. The van der Waals surface area contributed by atoms with Crippen molar-refractivity contribution in [2.24, 2.45) is 14.1 Å². The average molecular weight is 795 g/mol. The van der Waals surface area contributed by atoms with Gasteiger partial charge in [-0.15, -0.1) is 0 Å². The lowest BCUT2D eigenvalue weighted by Gasteiger charge is -2.22. The lowest BCUT2D eigenvalue weighted by Crippen LogP contribution is -2.30. The number of aromatic nitrogens is 2. The van der Waals surface area contributed by atoms with E-state index in [2.05, 4.69) is 121 Å². The van der Waals surface area contributed by atoms with E-state index in [9.17, 15) is 9.59 Å². The standard InChI is InChI=1S/C46H62N6O2S2/c1-47-33-25-41(26-34-47)15-13-39-17-21-43(22-18-39)49(3)29-9-31-51(5)45(53)11-7-37-55-56-38-8-12-46(54)52(6)32-10-30-50(4)44-23-19-40(20-24-44)14-16-42-27-35-48(2)36-28-42/h13-28,33-36H,7-12,29-32,37-38H2,1-6H3/q+2. The molecule has 2 amide bonds. The van der Waals surface area contributed by atoms with Gasteiger partial charge in [0, 0.05) is 114 Å². The van der Waals surface area contributed by atoms with Gasteiger partial charge in [-0.05, 0) is 72.2 Å². The highest BCUT2D eigenvalue weighted by atomic mass is 33.1. The first-order valence-electron chi connectivity index (χ1n) is 19.7. The summed E-state index contributed by atoms with van der Waals surface area (Å²) in [6.07, 6.45) is 21.4. The Kier molecular flexibility index (Phi) is 19.1. The molecule has 0 spiro atoms. The topological polar surface area (TPSA) is 54.9 Å². The lowest BCUT2D eigenvalue weighted by molar-refractivity contribution is -0.671. The zero-order valence-electron chi connectivity index (χ0n) is 34.3. The first-order valence-corrected chi connectivity index (χ1v) is 22.2. The van der Waals surface area contributed by atoms with E-state index in [-0.39, 0.29) is 11.8 Å². The van der Waals surface area contributed by atoms with Crippen molar-refractivity contribution in [2.75, 3.05) is 75.7 Å². The third-order valence-corrected chi connectivity index (χ3v) is 12.3. The molecule has 4 aromatic rings. The second-order valence-corrected chi connectivity index (χ2v) is 17.2. The molecule has 4 rings (SSSR count). The SMILES string of the molecule is CN(CCCN(C)c1ccc(/C=C/c2cc[n+](C)cc2)cc1)C(=O)CCCSSCCCC(=O)N(C)CCCN(C)c1ccc(/C=C/c2cc[n+](C)cc2)cc1. The molecule has 0 atom stereocenters. The highest BCUT2D eigenvalue weighted by Crippen LogP contribution is 2.24. The largest absolute Gasteiger partial charge is 0.375 e. The maximum atomic E-state index is 12.7. The van der Waals surface area contributed by atoms with E-state index in [0.717, 1.165) is 63.4 Å². The fraction of sp³-hybridized carbons (Fsp3) is 0.391. The first kappa shape index (κ1) is 44.2. The third kappa shape index (κ3) is 16.3. The molecule has 0 saturated heterocycles. The second-order valence-electron chi connectivity index (χ2n) is 14.5. The number of benzene rings is 2. The van der Waals surface area contributed by atoms with E-state index in [1.165, 1.54) is 33.6 Å². The fourth-order valence-electron chi connectivity index (χ4n) is 5.97. The van der Waals surface area contributed by atoms with Gasteiger partial charge in [0.25, 0.3) is 0 Å². The van der Waals surface area contributed by atoms with Crippen molar-refractivity contribution in [1.82, 2.24) is 9.80 Å². The Balaban J connectivity index is 0.981. The zero-order valence-corrected chi connectivity index (χ0v) is 36.0. The van der Waals surface area contributed by atoms with Crippen LogP contribution in [0.3, 0.4) is 0 Å². The number of nitrogens with zero attached hydrogens (tertiary/aromatic N) is 6. The summed E-state index contributed by atoms with van der Waals surface area (Å²) in [5, 5.41) is 0. The van der Waals surface area contributed by atoms with E-state index < -0.39 is 0 Å². The summed E-state index contributed by atoms with van der Waals surface area (Å²) in [7, 11) is 15.7. The van der Waals surface area contributed by atoms with E-state index in [1.54, 1.807) is 21.6 Å². The summed E-state index contributed by atoms with van der Waals surface area (Å²) >= 11 is 0. The van der Waals surface area contributed by atoms with Crippen LogP contribution in [0.2, 0.25) is 0 Å². The highest BCUT2D eigenvalue weighted by molar-refractivity contribution is 8.76. The summed E-state index contributed by atoms with van der Waals surface area (Å²) in [4.78, 5) is 33.6. The molecule has 0 unspecified atom stereocenters. The molecule has 2 aromatic heterocycles. The van der Waals surface area contributed by atoms with Gasteiger partial charge >= 0.3 is 0 Å². The molecule has 56 heavy (non-hydrogen) atoms. The molecular weight excluding hydrogens is 733 g/mol. The molecule has 0 saturated carbocycles. The van der Waals surface area contributed by atoms with Crippen LogP contribution in [0.15, 0.2) is 97.6 Å². The smallest absolute Gasteiger partial charge is 0.222 e. The minimum atomic E-state index is 0.209. The molecule has 2 aromatic carbocycles. The van der Waals surface area contributed by atoms with Crippen molar-refractivity contribution in [3.05, 3.63) is 120 Å². The Labute approximate surface area is 344 Å². The fourth-order valence-corrected chi connectivity index (χ4v) is 8.15. The number of hydrogen-bond donors (Lipinski definition) is 0. The van der Waals surface area contributed by atoms with Gasteiger partial charge in [0.15, 0.2) is 24.8 Å². The molecule has 0 N–H and O–H groups in total. The van der Waals surface area contributed by atoms with Gasteiger partial charge in [-0.1, -0.05) is 70.2 Å². The Hall–Kier alpha value is -4.54. The number of anilines is 2. The Morgan fingerprint density at radius 3 is 1.14 bits per heavy atom. The molecule has 0 fully saturated rings. The van der Waals surface area contributed by atoms with Gasteiger partial charge in [0.2, 0.25) is 11.8 Å². The van der Waals surface area contributed by atoms with Gasteiger partial charge in [-0.3, -0.25) is 9.59 Å². The van der Waals surface area contributed by atoms with Crippen molar-refractivity contribution in [3.63, 3.8) is 0 Å². The van der Waals surface area contributed by atoms with Crippen molar-refractivity contribution >= 4 is 69.1 Å². The number of carbonyl (C=O) groups is 2. The highest BCUT2D eigenvalue weighted by Gasteiger charge is 2.11. The van der Waals surface area contributed by atoms with Crippen LogP contribution in [0.4, 0.5) is 11.4 Å². The second kappa shape index (κ2) is 24.2. The zero-order chi connectivity index (χ0) is 40.1. The van der Waals surface area contributed by atoms with Crippen LogP contribution >= 0.6 is 21.6 Å². The van der Waals surface area contributed by atoms with Gasteiger partial charge in [-0.2, -0.15) is 0 Å². The molecule has 2 heterocycles. The van der Waals surface area contributed by atoms with E-state index >= 15 is 0 Å². The molecule has 298 valence electrons. The molecule has 0 bridgehead atoms. The summed E-state index contributed by atoms with van der Waals surface area (Å²) < 4.78 is 4.06. The van der Waals surface area contributed by atoms with Crippen LogP contribution in [0.1, 0.15) is 60.8 Å². The van der Waals surface area contributed by atoms with Crippen molar-refractivity contribution in [1.29, 1.82) is 0 Å². The van der Waals surface area contributed by atoms with Crippen LogP contribution < -0.4 is 18.9 Å². The van der Waals surface area contributed by atoms with Crippen LogP contribution in [-0.2, 0) is 23.7 Å². The van der Waals surface area contributed by atoms with Gasteiger partial charge < -0.3 is 19.6 Å². The molecular formula is C46H62N6O2S2+2. The van der Waals surface area contributed by atoms with E-state index in [0.29, 0.717) is 12.8 Å². The summed E-state index contributed by atoms with van der Waals surface area (Å²) in [6.45, 7) is 3.28. The molecule has 0 radical (unpaired) electrons. The Bertz CT molecular complexity index is 1680. The van der Waals surface area contributed by atoms with Crippen LogP contribution in [-0.4, -0.2) is 87.5 Å². The Morgan fingerprint density at radius 2 is 0.804 bits per heavy atom. The molecule has 0 aliphatic carbocycles. The monoisotopic (exact) mass is 794 g/mol. The summed E-state index contributed by atoms with van der Waals surface area (Å²) in [6, 6.07) is 25.6. The van der Waals surface area contributed by atoms with Crippen LogP contribution in [0.25, 0.3) is 24.3 Å². The van der Waals surface area contributed by atoms with E-state index in [1.807, 2.05) is 71.9 Å². The predicted octanol–water partition coefficient (Wildman–Crippen LogP) is 7.89. The third-order valence-electron chi connectivity index (χ3n) is 9.76. The lowest BCUT2D eigenvalue weighted by atomic mass is 10.1. The van der Waals surface area contributed by atoms with Gasteiger partial charge in [-0.25, -0.2) is 9.13 Å². The number of carbonyl (C=O) groups excluding carboxylic acids is 2. The van der Waals surface area contributed by atoms with Crippen LogP contribution in [0, 0.1) is 0 Å². The maximum Gasteiger partial charge on any atom is 0.222 e. The van der Waals surface area contributed by atoms with Crippen molar-refractivity contribution in [3.8, 4) is 0 Å². The number of aryl methyl sites for hydroxylation is 2. The maximum absolute atomic E-state index is 12.7. The van der Waals surface area contributed by atoms with Crippen molar-refractivity contribution in [2.45, 2.75) is 38.5 Å². The minimum absolute atomic E-state index is 0.209. The summed E-state index contributed by atoms with van der Waals surface area (Å²) in [5.41, 5.74) is 7.04. The van der Waals surface area contributed by atoms with Gasteiger partial charge in [0.05, 0.1) is 0 Å². The molecule has 0 aliphatic rings. The average Bonchev–Trinajstić information content (AvgIpc) is 3.21. The number of hydrogen-bond acceptors (Lipinski definition) is 6. The molecule has 0 aliphatic heterocycles. The minimum Gasteiger partial charge on any atom is -0.375 e. The van der Waals surface area contributed by atoms with E-state index in [4.69, 9.17) is 0 Å². The first-order chi connectivity index (χ1) is 27.1. The molecule has 8 nitrogen and oxygen atoms in total. The number of pyridine rings is 2.